The maximum atomic E-state index is 13.0. The van der Waals surface area contributed by atoms with Gasteiger partial charge in [0.2, 0.25) is 5.75 Å². The Kier molecular flexibility index (Phi) is 6.00. The van der Waals surface area contributed by atoms with Crippen molar-refractivity contribution in [2.24, 2.45) is 0 Å². The number of carbonyl (C=O) groups is 1. The van der Waals surface area contributed by atoms with E-state index >= 15 is 0 Å². The number of thiophene rings is 1. The van der Waals surface area contributed by atoms with Crippen LogP contribution in [0.4, 0.5) is 0 Å². The zero-order chi connectivity index (χ0) is 18.5. The Hall–Kier alpha value is -2.25. The molecule has 2 heterocycles. The molecule has 0 atom stereocenters. The summed E-state index contributed by atoms with van der Waals surface area (Å²) in [6.07, 6.45) is 0. The minimum absolute atomic E-state index is 0.0430. The molecule has 2 aromatic rings. The molecular formula is C19H24N2O4S. The zero-order valence-corrected chi connectivity index (χ0v) is 16.2. The molecule has 3 rings (SSSR count). The summed E-state index contributed by atoms with van der Waals surface area (Å²) in [6.45, 7) is 4.06. The van der Waals surface area contributed by atoms with Gasteiger partial charge < -0.3 is 19.1 Å². The van der Waals surface area contributed by atoms with Crippen LogP contribution < -0.4 is 14.2 Å². The molecule has 0 unspecified atom stereocenters. The van der Waals surface area contributed by atoms with Crippen molar-refractivity contribution in [1.29, 1.82) is 0 Å². The molecule has 0 aliphatic carbocycles. The number of carbonyl (C=O) groups excluding carboxylic acids is 1. The van der Waals surface area contributed by atoms with Crippen LogP contribution in [-0.2, 0) is 6.54 Å². The first-order valence-corrected chi connectivity index (χ1v) is 9.39. The summed E-state index contributed by atoms with van der Waals surface area (Å²) in [5.74, 6) is 1.36. The number of methoxy groups -OCH3 is 3. The van der Waals surface area contributed by atoms with Gasteiger partial charge in [0.25, 0.3) is 5.91 Å². The van der Waals surface area contributed by atoms with Gasteiger partial charge in [-0.3, -0.25) is 9.69 Å². The molecule has 1 fully saturated rings. The van der Waals surface area contributed by atoms with Gasteiger partial charge in [0, 0.05) is 37.6 Å². The van der Waals surface area contributed by atoms with Crippen molar-refractivity contribution in [3.8, 4) is 17.2 Å². The van der Waals surface area contributed by atoms with E-state index in [4.69, 9.17) is 14.2 Å². The third kappa shape index (κ3) is 3.78. The van der Waals surface area contributed by atoms with Gasteiger partial charge in [-0.15, -0.1) is 11.3 Å². The second-order valence-electron chi connectivity index (χ2n) is 6.03. The van der Waals surface area contributed by atoms with Gasteiger partial charge in [0.15, 0.2) is 11.5 Å². The lowest BCUT2D eigenvalue weighted by Crippen LogP contribution is -2.48. The average molecular weight is 376 g/mol. The molecule has 1 aromatic heterocycles. The van der Waals surface area contributed by atoms with Crippen molar-refractivity contribution in [1.82, 2.24) is 9.80 Å². The maximum Gasteiger partial charge on any atom is 0.257 e. The van der Waals surface area contributed by atoms with Crippen LogP contribution in [0.25, 0.3) is 0 Å². The minimum atomic E-state index is -0.0430. The van der Waals surface area contributed by atoms with Gasteiger partial charge in [0.05, 0.1) is 26.9 Å². The first-order chi connectivity index (χ1) is 12.7. The molecule has 0 N–H and O–H groups in total. The van der Waals surface area contributed by atoms with E-state index in [1.165, 1.54) is 19.1 Å². The summed E-state index contributed by atoms with van der Waals surface area (Å²) in [7, 11) is 4.64. The first kappa shape index (κ1) is 18.5. The Morgan fingerprint density at radius 3 is 2.31 bits per heavy atom. The van der Waals surface area contributed by atoms with Crippen LogP contribution in [0.1, 0.15) is 15.2 Å². The molecule has 0 saturated carbocycles. The van der Waals surface area contributed by atoms with Crippen LogP contribution in [0.3, 0.4) is 0 Å². The van der Waals surface area contributed by atoms with E-state index in [0.29, 0.717) is 35.9 Å². The van der Waals surface area contributed by atoms with Gasteiger partial charge in [-0.05, 0) is 23.6 Å². The van der Waals surface area contributed by atoms with Crippen molar-refractivity contribution in [2.75, 3.05) is 47.5 Å². The Bertz CT molecular complexity index is 740. The third-order valence-electron chi connectivity index (χ3n) is 4.55. The molecule has 0 spiro atoms. The number of amides is 1. The van der Waals surface area contributed by atoms with Crippen LogP contribution in [0.2, 0.25) is 0 Å². The molecule has 1 amide bonds. The highest BCUT2D eigenvalue weighted by molar-refractivity contribution is 7.09. The molecule has 26 heavy (non-hydrogen) atoms. The van der Waals surface area contributed by atoms with E-state index in [-0.39, 0.29) is 5.91 Å². The standard InChI is InChI=1S/C19H24N2O4S/c1-23-16-7-6-15(17(24-2)18(16)25-3)19(22)21-10-8-20(9-11-21)13-14-5-4-12-26-14/h4-7,12H,8-11,13H2,1-3H3. The highest BCUT2D eigenvalue weighted by Gasteiger charge is 2.27. The number of benzene rings is 1. The first-order valence-electron chi connectivity index (χ1n) is 8.51. The predicted molar refractivity (Wildman–Crippen MR) is 102 cm³/mol. The van der Waals surface area contributed by atoms with Crippen molar-refractivity contribution in [3.05, 3.63) is 40.1 Å². The predicted octanol–water partition coefficient (Wildman–Crippen LogP) is 2.73. The Morgan fingerprint density at radius 1 is 1.00 bits per heavy atom. The molecule has 140 valence electrons. The summed E-state index contributed by atoms with van der Waals surface area (Å²) in [5.41, 5.74) is 0.497. The molecule has 6 nitrogen and oxygen atoms in total. The quantitative estimate of drug-likeness (QED) is 0.776. The summed E-state index contributed by atoms with van der Waals surface area (Å²) < 4.78 is 16.1. The second-order valence-corrected chi connectivity index (χ2v) is 7.06. The van der Waals surface area contributed by atoms with E-state index in [9.17, 15) is 4.79 Å². The minimum Gasteiger partial charge on any atom is -0.493 e. The van der Waals surface area contributed by atoms with Crippen LogP contribution in [0.15, 0.2) is 29.6 Å². The van der Waals surface area contributed by atoms with Crippen LogP contribution >= 0.6 is 11.3 Å². The molecule has 1 saturated heterocycles. The number of ether oxygens (including phenoxy) is 3. The average Bonchev–Trinajstić information content (AvgIpc) is 3.19. The SMILES string of the molecule is COc1ccc(C(=O)N2CCN(Cc3cccs3)CC2)c(OC)c1OC. The molecule has 0 radical (unpaired) electrons. The maximum absolute atomic E-state index is 13.0. The number of hydrogen-bond donors (Lipinski definition) is 0. The molecule has 1 aromatic carbocycles. The summed E-state index contributed by atoms with van der Waals surface area (Å²) >= 11 is 1.77. The van der Waals surface area contributed by atoms with Gasteiger partial charge in [-0.1, -0.05) is 6.07 Å². The van der Waals surface area contributed by atoms with E-state index in [1.807, 2.05) is 4.90 Å². The van der Waals surface area contributed by atoms with Gasteiger partial charge in [-0.2, -0.15) is 0 Å². The molecular weight excluding hydrogens is 352 g/mol. The topological polar surface area (TPSA) is 51.2 Å². The number of rotatable bonds is 6. The van der Waals surface area contributed by atoms with E-state index in [1.54, 1.807) is 30.6 Å². The highest BCUT2D eigenvalue weighted by atomic mass is 32.1. The summed E-state index contributed by atoms with van der Waals surface area (Å²) in [5, 5.41) is 2.10. The molecule has 0 bridgehead atoms. The fraction of sp³-hybridized carbons (Fsp3) is 0.421. The van der Waals surface area contributed by atoms with Gasteiger partial charge in [0.1, 0.15) is 0 Å². The molecule has 1 aliphatic heterocycles. The number of nitrogens with zero attached hydrogens (tertiary/aromatic N) is 2. The third-order valence-corrected chi connectivity index (χ3v) is 5.41. The lowest BCUT2D eigenvalue weighted by Gasteiger charge is -2.34. The lowest BCUT2D eigenvalue weighted by molar-refractivity contribution is 0.0625. The van der Waals surface area contributed by atoms with Crippen molar-refractivity contribution in [3.63, 3.8) is 0 Å². The molecule has 1 aliphatic rings. The lowest BCUT2D eigenvalue weighted by atomic mass is 10.1. The smallest absolute Gasteiger partial charge is 0.257 e. The monoisotopic (exact) mass is 376 g/mol. The fourth-order valence-corrected chi connectivity index (χ4v) is 3.92. The van der Waals surface area contributed by atoms with E-state index in [0.717, 1.165) is 19.6 Å². The van der Waals surface area contributed by atoms with Gasteiger partial charge >= 0.3 is 0 Å². The van der Waals surface area contributed by atoms with Crippen LogP contribution in [-0.4, -0.2) is 63.2 Å². The van der Waals surface area contributed by atoms with Crippen LogP contribution in [0.5, 0.6) is 17.2 Å². The largest absolute Gasteiger partial charge is 0.493 e. The van der Waals surface area contributed by atoms with Gasteiger partial charge in [-0.25, -0.2) is 0 Å². The van der Waals surface area contributed by atoms with Crippen molar-refractivity contribution < 1.29 is 19.0 Å². The Morgan fingerprint density at radius 2 is 1.73 bits per heavy atom. The summed E-state index contributed by atoms with van der Waals surface area (Å²) in [4.78, 5) is 18.6. The normalized spacial score (nSPS) is 15.0. The Labute approximate surface area is 157 Å². The summed E-state index contributed by atoms with van der Waals surface area (Å²) in [6, 6.07) is 7.70. The Balaban J connectivity index is 1.70. The zero-order valence-electron chi connectivity index (χ0n) is 15.4. The van der Waals surface area contributed by atoms with E-state index in [2.05, 4.69) is 22.4 Å². The van der Waals surface area contributed by atoms with Crippen LogP contribution in [0, 0.1) is 0 Å². The van der Waals surface area contributed by atoms with Crippen molar-refractivity contribution in [2.45, 2.75) is 6.54 Å². The number of hydrogen-bond acceptors (Lipinski definition) is 6. The molecule has 7 heteroatoms. The highest BCUT2D eigenvalue weighted by Crippen LogP contribution is 2.40. The second kappa shape index (κ2) is 8.42. The number of piperazine rings is 1. The van der Waals surface area contributed by atoms with Crippen molar-refractivity contribution >= 4 is 17.2 Å². The van der Waals surface area contributed by atoms with E-state index < -0.39 is 0 Å². The fourth-order valence-electron chi connectivity index (χ4n) is 3.17.